The Morgan fingerprint density at radius 2 is 1.76 bits per heavy atom. The number of ether oxygens (including phenoxy) is 2. The van der Waals surface area contributed by atoms with Gasteiger partial charge in [-0.2, -0.15) is 4.98 Å². The molecule has 0 aromatic carbocycles. The predicted octanol–water partition coefficient (Wildman–Crippen LogP) is 2.80. The van der Waals surface area contributed by atoms with Crippen LogP contribution in [0, 0.1) is 13.8 Å². The van der Waals surface area contributed by atoms with Gasteiger partial charge in [0, 0.05) is 30.9 Å². The number of morpholine rings is 1. The third kappa shape index (κ3) is 2.96. The number of nitrogens with zero attached hydrogens (tertiary/aromatic N) is 6. The van der Waals surface area contributed by atoms with Crippen molar-refractivity contribution in [1.82, 2.24) is 24.3 Å². The van der Waals surface area contributed by atoms with E-state index in [9.17, 15) is 0 Å². The molecule has 0 radical (unpaired) electrons. The third-order valence-corrected chi connectivity index (χ3v) is 5.27. The van der Waals surface area contributed by atoms with Crippen LogP contribution in [0.4, 0.5) is 5.82 Å². The summed E-state index contributed by atoms with van der Waals surface area (Å²) >= 11 is 0. The van der Waals surface area contributed by atoms with E-state index < -0.39 is 0 Å². The molecule has 4 aromatic heterocycles. The van der Waals surface area contributed by atoms with Gasteiger partial charge in [-0.15, -0.1) is 0 Å². The number of aromatic nitrogens is 5. The summed E-state index contributed by atoms with van der Waals surface area (Å²) in [5.74, 6) is 2.30. The Morgan fingerprint density at radius 1 is 0.966 bits per heavy atom. The number of anilines is 1. The number of hydrogen-bond acceptors (Lipinski definition) is 7. The van der Waals surface area contributed by atoms with Crippen molar-refractivity contribution in [2.45, 2.75) is 13.8 Å². The quantitative estimate of drug-likeness (QED) is 0.532. The van der Waals surface area contributed by atoms with Crippen molar-refractivity contribution in [3.63, 3.8) is 0 Å². The first kappa shape index (κ1) is 17.8. The van der Waals surface area contributed by atoms with Crippen molar-refractivity contribution in [2.24, 2.45) is 0 Å². The van der Waals surface area contributed by atoms with Gasteiger partial charge < -0.3 is 14.4 Å². The Hall–Kier alpha value is -3.26. The molecular weight excluding hydrogens is 368 g/mol. The van der Waals surface area contributed by atoms with Crippen molar-refractivity contribution in [3.05, 3.63) is 41.9 Å². The van der Waals surface area contributed by atoms with Crippen LogP contribution in [0.15, 0.2) is 30.5 Å². The topological polar surface area (TPSA) is 77.7 Å². The number of pyridine rings is 2. The molecule has 0 atom stereocenters. The van der Waals surface area contributed by atoms with Gasteiger partial charge in [0.1, 0.15) is 17.2 Å². The molecular formula is C21H22N6O2. The van der Waals surface area contributed by atoms with Gasteiger partial charge in [-0.05, 0) is 32.0 Å². The van der Waals surface area contributed by atoms with Crippen molar-refractivity contribution in [2.75, 3.05) is 38.3 Å². The third-order valence-electron chi connectivity index (χ3n) is 5.27. The normalized spacial score (nSPS) is 14.7. The molecule has 1 saturated heterocycles. The molecule has 0 saturated carbocycles. The lowest BCUT2D eigenvalue weighted by molar-refractivity contribution is 0.122. The Balaban J connectivity index is 1.68. The maximum atomic E-state index is 5.43. The van der Waals surface area contributed by atoms with Crippen LogP contribution in [0.2, 0.25) is 0 Å². The Labute approximate surface area is 168 Å². The van der Waals surface area contributed by atoms with Crippen molar-refractivity contribution in [3.8, 4) is 17.3 Å². The second kappa shape index (κ2) is 6.97. The molecule has 0 N–H and O–H groups in total. The van der Waals surface area contributed by atoms with Crippen LogP contribution in [0.5, 0.6) is 5.88 Å². The molecule has 1 aliphatic heterocycles. The Morgan fingerprint density at radius 3 is 2.48 bits per heavy atom. The van der Waals surface area contributed by atoms with E-state index in [1.54, 1.807) is 7.11 Å². The van der Waals surface area contributed by atoms with Crippen LogP contribution < -0.4 is 9.64 Å². The van der Waals surface area contributed by atoms with E-state index in [1.807, 2.05) is 38.2 Å². The first-order valence-electron chi connectivity index (χ1n) is 9.65. The zero-order valence-electron chi connectivity index (χ0n) is 16.7. The summed E-state index contributed by atoms with van der Waals surface area (Å²) in [6.07, 6.45) is 1.88. The van der Waals surface area contributed by atoms with Gasteiger partial charge >= 0.3 is 0 Å². The maximum Gasteiger partial charge on any atom is 0.215 e. The highest BCUT2D eigenvalue weighted by Crippen LogP contribution is 2.29. The summed E-state index contributed by atoms with van der Waals surface area (Å²) in [6.45, 7) is 7.18. The predicted molar refractivity (Wildman–Crippen MR) is 111 cm³/mol. The molecule has 0 amide bonds. The lowest BCUT2D eigenvalue weighted by Gasteiger charge is -2.27. The molecule has 148 valence electrons. The fourth-order valence-corrected chi connectivity index (χ4v) is 3.87. The van der Waals surface area contributed by atoms with Gasteiger partial charge in [0.05, 0.1) is 37.2 Å². The van der Waals surface area contributed by atoms with E-state index in [4.69, 9.17) is 19.4 Å². The number of rotatable bonds is 3. The van der Waals surface area contributed by atoms with Gasteiger partial charge in [-0.3, -0.25) is 4.40 Å². The highest BCUT2D eigenvalue weighted by atomic mass is 16.5. The van der Waals surface area contributed by atoms with Crippen LogP contribution >= 0.6 is 0 Å². The second-order valence-electron chi connectivity index (χ2n) is 7.10. The molecule has 8 heteroatoms. The second-order valence-corrected chi connectivity index (χ2v) is 7.10. The van der Waals surface area contributed by atoms with Crippen LogP contribution in [-0.4, -0.2) is 57.7 Å². The lowest BCUT2D eigenvalue weighted by atomic mass is 10.2. The number of methoxy groups -OCH3 is 1. The highest BCUT2D eigenvalue weighted by molar-refractivity contribution is 5.81. The fourth-order valence-electron chi connectivity index (χ4n) is 3.87. The zero-order valence-corrected chi connectivity index (χ0v) is 16.7. The van der Waals surface area contributed by atoms with Crippen LogP contribution in [0.25, 0.3) is 28.1 Å². The summed E-state index contributed by atoms with van der Waals surface area (Å²) in [7, 11) is 1.61. The van der Waals surface area contributed by atoms with E-state index in [0.29, 0.717) is 5.88 Å². The standard InChI is InChI=1S/C21H22N6O2/c1-13-19-14(2)24-20(27(19)21-16(23-13)5-7-18(25-21)28-3)15-4-6-17(22-12-15)26-8-10-29-11-9-26/h4-7,12H,8-11H2,1-3H3. The number of hydrogen-bond donors (Lipinski definition) is 0. The minimum Gasteiger partial charge on any atom is -0.481 e. The van der Waals surface area contributed by atoms with E-state index in [1.165, 1.54) is 0 Å². The summed E-state index contributed by atoms with van der Waals surface area (Å²) in [5.41, 5.74) is 5.24. The molecule has 0 unspecified atom stereocenters. The average Bonchev–Trinajstić information content (AvgIpc) is 3.12. The number of imidazole rings is 1. The van der Waals surface area contributed by atoms with E-state index in [2.05, 4.69) is 25.3 Å². The van der Waals surface area contributed by atoms with Gasteiger partial charge in [0.2, 0.25) is 5.88 Å². The Bertz CT molecular complexity index is 1200. The van der Waals surface area contributed by atoms with E-state index in [-0.39, 0.29) is 0 Å². The summed E-state index contributed by atoms with van der Waals surface area (Å²) in [6, 6.07) is 7.85. The van der Waals surface area contributed by atoms with Gasteiger partial charge in [0.15, 0.2) is 5.65 Å². The van der Waals surface area contributed by atoms with Crippen LogP contribution in [0.3, 0.4) is 0 Å². The fraction of sp³-hybridized carbons (Fsp3) is 0.333. The minimum absolute atomic E-state index is 0.544. The first-order valence-corrected chi connectivity index (χ1v) is 9.65. The highest BCUT2D eigenvalue weighted by Gasteiger charge is 2.18. The first-order chi connectivity index (χ1) is 14.2. The van der Waals surface area contributed by atoms with E-state index in [0.717, 1.165) is 71.6 Å². The molecule has 0 bridgehead atoms. The Kier molecular flexibility index (Phi) is 4.28. The van der Waals surface area contributed by atoms with E-state index >= 15 is 0 Å². The monoisotopic (exact) mass is 390 g/mol. The molecule has 1 fully saturated rings. The average molecular weight is 390 g/mol. The summed E-state index contributed by atoms with van der Waals surface area (Å²) in [4.78, 5) is 21.1. The van der Waals surface area contributed by atoms with Crippen molar-refractivity contribution < 1.29 is 9.47 Å². The molecule has 0 aliphatic carbocycles. The summed E-state index contributed by atoms with van der Waals surface area (Å²) in [5, 5.41) is 0. The lowest BCUT2D eigenvalue weighted by Crippen LogP contribution is -2.36. The van der Waals surface area contributed by atoms with Crippen molar-refractivity contribution in [1.29, 1.82) is 0 Å². The number of aryl methyl sites for hydroxylation is 2. The minimum atomic E-state index is 0.544. The molecule has 8 nitrogen and oxygen atoms in total. The van der Waals surface area contributed by atoms with Gasteiger partial charge in [-0.1, -0.05) is 0 Å². The molecule has 0 spiro atoms. The van der Waals surface area contributed by atoms with Crippen LogP contribution in [0.1, 0.15) is 11.4 Å². The summed E-state index contributed by atoms with van der Waals surface area (Å²) < 4.78 is 12.8. The molecule has 5 rings (SSSR count). The molecule has 1 aliphatic rings. The maximum absolute atomic E-state index is 5.43. The molecule has 5 heterocycles. The van der Waals surface area contributed by atoms with Crippen molar-refractivity contribution >= 4 is 22.5 Å². The largest absolute Gasteiger partial charge is 0.481 e. The number of fused-ring (bicyclic) bond motifs is 3. The molecule has 4 aromatic rings. The van der Waals surface area contributed by atoms with Gasteiger partial charge in [-0.25, -0.2) is 15.0 Å². The SMILES string of the molecule is COc1ccc2nc(C)c3c(C)nc(-c4ccc(N5CCOCC5)nc4)n3c2n1. The smallest absolute Gasteiger partial charge is 0.215 e. The molecule has 29 heavy (non-hydrogen) atoms. The van der Waals surface area contributed by atoms with Crippen LogP contribution in [-0.2, 0) is 4.74 Å². The van der Waals surface area contributed by atoms with Gasteiger partial charge in [0.25, 0.3) is 0 Å². The zero-order chi connectivity index (χ0) is 20.0.